The Labute approximate surface area is 178 Å². The van der Waals surface area contributed by atoms with Crippen LogP contribution >= 0.6 is 0 Å². The van der Waals surface area contributed by atoms with Crippen LogP contribution in [0.3, 0.4) is 0 Å². The lowest BCUT2D eigenvalue weighted by atomic mass is 9.98. The number of aryl methyl sites for hydroxylation is 1. The number of primary amides is 1. The Morgan fingerprint density at radius 2 is 1.74 bits per heavy atom. The molecular weight excluding hydrogens is 394 g/mol. The molecule has 0 spiro atoms. The second-order valence-electron chi connectivity index (χ2n) is 7.19. The van der Waals surface area contributed by atoms with Crippen LogP contribution in [0.5, 0.6) is 5.75 Å². The van der Waals surface area contributed by atoms with E-state index in [-0.39, 0.29) is 23.0 Å². The minimum Gasteiger partial charge on any atom is -0.508 e. The summed E-state index contributed by atoms with van der Waals surface area (Å²) in [6, 6.07) is 16.2. The zero-order chi connectivity index (χ0) is 22.1. The van der Waals surface area contributed by atoms with Crippen molar-refractivity contribution >= 4 is 34.5 Å². The minimum atomic E-state index is -0.611. The molecule has 0 aliphatic carbocycles. The van der Waals surface area contributed by atoms with Gasteiger partial charge in [-0.15, -0.1) is 0 Å². The number of phenols is 1. The number of benzene rings is 3. The van der Waals surface area contributed by atoms with Crippen molar-refractivity contribution in [2.45, 2.75) is 6.92 Å². The number of amides is 2. The number of anilines is 2. The third kappa shape index (κ3) is 3.89. The second-order valence-corrected chi connectivity index (χ2v) is 7.19. The molecule has 2 amide bonds. The summed E-state index contributed by atoms with van der Waals surface area (Å²) >= 11 is 0. The number of hydrogen-bond acceptors (Lipinski definition) is 5. The number of nitrogens with one attached hydrogen (secondary N) is 2. The van der Waals surface area contributed by atoms with Gasteiger partial charge in [-0.3, -0.25) is 14.4 Å². The predicted molar refractivity (Wildman–Crippen MR) is 118 cm³/mol. The Morgan fingerprint density at radius 1 is 1.00 bits per heavy atom. The number of aromatic hydroxyl groups is 1. The van der Waals surface area contributed by atoms with Crippen LogP contribution in [0.15, 0.2) is 66.9 Å². The monoisotopic (exact) mass is 413 g/mol. The van der Waals surface area contributed by atoms with Crippen molar-refractivity contribution in [3.8, 4) is 5.75 Å². The Hall–Kier alpha value is -4.39. The molecule has 3 aromatic carbocycles. The minimum absolute atomic E-state index is 0.156. The van der Waals surface area contributed by atoms with Crippen molar-refractivity contribution in [1.29, 1.82) is 0 Å². The molecule has 0 aromatic heterocycles. The van der Waals surface area contributed by atoms with Crippen LogP contribution in [0.4, 0.5) is 11.4 Å². The molecule has 7 nitrogen and oxygen atoms in total. The van der Waals surface area contributed by atoms with Gasteiger partial charge in [0.1, 0.15) is 5.75 Å². The van der Waals surface area contributed by atoms with E-state index < -0.39 is 5.91 Å². The maximum absolute atomic E-state index is 12.8. The molecule has 1 heterocycles. The van der Waals surface area contributed by atoms with E-state index >= 15 is 0 Å². The molecule has 154 valence electrons. The van der Waals surface area contributed by atoms with Gasteiger partial charge in [-0.05, 0) is 36.8 Å². The van der Waals surface area contributed by atoms with Crippen LogP contribution < -0.4 is 16.4 Å². The maximum atomic E-state index is 12.8. The molecule has 0 unspecified atom stereocenters. The van der Waals surface area contributed by atoms with Crippen LogP contribution in [0.1, 0.15) is 37.4 Å². The predicted octanol–water partition coefficient (Wildman–Crippen LogP) is 3.44. The Morgan fingerprint density at radius 3 is 2.48 bits per heavy atom. The van der Waals surface area contributed by atoms with E-state index in [9.17, 15) is 19.5 Å². The quantitative estimate of drug-likeness (QED) is 0.377. The number of carbonyl (C=O) groups excluding carboxylic acids is 3. The van der Waals surface area contributed by atoms with Crippen molar-refractivity contribution in [1.82, 2.24) is 0 Å². The summed E-state index contributed by atoms with van der Waals surface area (Å²) in [5, 5.41) is 15.6. The highest BCUT2D eigenvalue weighted by Crippen LogP contribution is 2.33. The Kier molecular flexibility index (Phi) is 5.00. The van der Waals surface area contributed by atoms with E-state index in [1.54, 1.807) is 67.7 Å². The average Bonchev–Trinajstić information content (AvgIpc) is 3.08. The standard InChI is InChI=1S/C24H19N3O4/c1-13-5-7-17(11-21(13)28)26-12-19-18-8-6-15(10-20(18)27-24(19)31)22(29)14-3-2-4-16(9-14)23(25)30/h2-12,26,28H,1H3,(H2,25,30)(H,27,31). The SMILES string of the molecule is Cc1ccc(NC=C2C(=O)Nc3cc(C(=O)c4cccc(C(N)=O)c4)ccc32)cc1O. The number of fused-ring (bicyclic) bond motifs is 1. The summed E-state index contributed by atoms with van der Waals surface area (Å²) in [4.78, 5) is 36.7. The topological polar surface area (TPSA) is 122 Å². The fourth-order valence-electron chi connectivity index (χ4n) is 3.31. The zero-order valence-corrected chi connectivity index (χ0v) is 16.6. The van der Waals surface area contributed by atoms with Crippen molar-refractivity contribution < 1.29 is 19.5 Å². The number of carbonyl (C=O) groups is 3. The molecule has 3 aromatic rings. The van der Waals surface area contributed by atoms with Crippen LogP contribution in [0.25, 0.3) is 5.57 Å². The molecule has 0 atom stereocenters. The molecule has 0 radical (unpaired) electrons. The van der Waals surface area contributed by atoms with Gasteiger partial charge in [0.05, 0.1) is 5.57 Å². The number of phenolic OH excluding ortho intramolecular Hbond substituents is 1. The van der Waals surface area contributed by atoms with Crippen molar-refractivity contribution in [3.63, 3.8) is 0 Å². The molecule has 5 N–H and O–H groups in total. The summed E-state index contributed by atoms with van der Waals surface area (Å²) in [5.41, 5.74) is 9.20. The number of rotatable bonds is 5. The van der Waals surface area contributed by atoms with Gasteiger partial charge in [0, 0.05) is 45.9 Å². The smallest absolute Gasteiger partial charge is 0.257 e. The third-order valence-electron chi connectivity index (χ3n) is 5.07. The molecule has 0 fully saturated rings. The molecule has 1 aliphatic rings. The number of nitrogens with two attached hydrogens (primary N) is 1. The average molecular weight is 413 g/mol. The van der Waals surface area contributed by atoms with Crippen molar-refractivity contribution in [2.75, 3.05) is 10.6 Å². The summed E-state index contributed by atoms with van der Waals surface area (Å²) in [5.74, 6) is -1.05. The molecule has 7 heteroatoms. The molecule has 1 aliphatic heterocycles. The highest BCUT2D eigenvalue weighted by Gasteiger charge is 2.25. The first-order chi connectivity index (χ1) is 14.8. The first kappa shape index (κ1) is 19.9. The van der Waals surface area contributed by atoms with E-state index in [4.69, 9.17) is 5.73 Å². The third-order valence-corrected chi connectivity index (χ3v) is 5.07. The lowest BCUT2D eigenvalue weighted by Crippen LogP contribution is -2.12. The van der Waals surface area contributed by atoms with Gasteiger partial charge in [-0.1, -0.05) is 30.3 Å². The van der Waals surface area contributed by atoms with E-state index in [1.807, 2.05) is 0 Å². The van der Waals surface area contributed by atoms with Gasteiger partial charge in [0.25, 0.3) is 5.91 Å². The van der Waals surface area contributed by atoms with Gasteiger partial charge in [0.2, 0.25) is 5.91 Å². The van der Waals surface area contributed by atoms with E-state index in [2.05, 4.69) is 10.6 Å². The fourth-order valence-corrected chi connectivity index (χ4v) is 3.31. The van der Waals surface area contributed by atoms with Gasteiger partial charge < -0.3 is 21.5 Å². The summed E-state index contributed by atoms with van der Waals surface area (Å²) in [6.45, 7) is 1.79. The zero-order valence-electron chi connectivity index (χ0n) is 16.6. The van der Waals surface area contributed by atoms with Gasteiger partial charge >= 0.3 is 0 Å². The normalized spacial score (nSPS) is 13.6. The summed E-state index contributed by atoms with van der Waals surface area (Å²) in [6.07, 6.45) is 1.56. The maximum Gasteiger partial charge on any atom is 0.257 e. The molecule has 0 bridgehead atoms. The Balaban J connectivity index is 1.61. The first-order valence-electron chi connectivity index (χ1n) is 9.50. The van der Waals surface area contributed by atoms with E-state index in [1.165, 1.54) is 6.07 Å². The molecular formula is C24H19N3O4. The van der Waals surface area contributed by atoms with Crippen LogP contribution in [-0.2, 0) is 4.79 Å². The summed E-state index contributed by atoms with van der Waals surface area (Å²) in [7, 11) is 0. The summed E-state index contributed by atoms with van der Waals surface area (Å²) < 4.78 is 0. The number of ketones is 1. The first-order valence-corrected chi connectivity index (χ1v) is 9.50. The van der Waals surface area contributed by atoms with E-state index in [0.29, 0.717) is 33.6 Å². The highest BCUT2D eigenvalue weighted by molar-refractivity contribution is 6.32. The van der Waals surface area contributed by atoms with Crippen LogP contribution in [-0.4, -0.2) is 22.7 Å². The van der Waals surface area contributed by atoms with Crippen molar-refractivity contribution in [3.05, 3.63) is 94.7 Å². The van der Waals surface area contributed by atoms with E-state index in [0.717, 1.165) is 5.56 Å². The largest absolute Gasteiger partial charge is 0.508 e. The second kappa shape index (κ2) is 7.79. The van der Waals surface area contributed by atoms with Crippen molar-refractivity contribution in [2.24, 2.45) is 5.73 Å². The fraction of sp³-hybridized carbons (Fsp3) is 0.0417. The Bertz CT molecular complexity index is 1280. The molecule has 0 saturated carbocycles. The lowest BCUT2D eigenvalue weighted by molar-refractivity contribution is -0.110. The highest BCUT2D eigenvalue weighted by atomic mass is 16.3. The molecule has 0 saturated heterocycles. The lowest BCUT2D eigenvalue weighted by Gasteiger charge is -2.06. The molecule has 31 heavy (non-hydrogen) atoms. The van der Waals surface area contributed by atoms with Gasteiger partial charge in [-0.25, -0.2) is 0 Å². The van der Waals surface area contributed by atoms with Crippen LogP contribution in [0.2, 0.25) is 0 Å². The number of hydrogen-bond donors (Lipinski definition) is 4. The molecule has 4 rings (SSSR count). The van der Waals surface area contributed by atoms with Gasteiger partial charge in [-0.2, -0.15) is 0 Å². The van der Waals surface area contributed by atoms with Crippen LogP contribution in [0, 0.1) is 6.92 Å². The van der Waals surface area contributed by atoms with Gasteiger partial charge in [0.15, 0.2) is 5.78 Å².